The number of nitrogens with zero attached hydrogens (tertiary/aromatic N) is 1. The lowest BCUT2D eigenvalue weighted by Crippen LogP contribution is -2.27. The Bertz CT molecular complexity index is 458. The fourth-order valence-electron chi connectivity index (χ4n) is 3.80. The van der Waals surface area contributed by atoms with Gasteiger partial charge in [-0.05, 0) is 44.6 Å². The van der Waals surface area contributed by atoms with Crippen molar-refractivity contribution in [3.8, 4) is 0 Å². The minimum absolute atomic E-state index is 0.206. The highest BCUT2D eigenvalue weighted by Gasteiger charge is 2.34. The molecule has 0 spiro atoms. The van der Waals surface area contributed by atoms with E-state index in [9.17, 15) is 5.11 Å². The van der Waals surface area contributed by atoms with Gasteiger partial charge in [-0.25, -0.2) is 0 Å². The van der Waals surface area contributed by atoms with Crippen LogP contribution in [0.3, 0.4) is 0 Å². The van der Waals surface area contributed by atoms with Crippen LogP contribution in [-0.4, -0.2) is 9.67 Å². The van der Waals surface area contributed by atoms with Crippen LogP contribution in [-0.2, 0) is 6.42 Å². The van der Waals surface area contributed by atoms with Gasteiger partial charge in [0, 0.05) is 23.0 Å². The van der Waals surface area contributed by atoms with Gasteiger partial charge in [-0.2, -0.15) is 0 Å². The first kappa shape index (κ1) is 15.6. The first-order valence-corrected chi connectivity index (χ1v) is 8.24. The van der Waals surface area contributed by atoms with E-state index in [1.54, 1.807) is 0 Å². The largest absolute Gasteiger partial charge is 0.388 e. The Morgan fingerprint density at radius 1 is 1.40 bits per heavy atom. The van der Waals surface area contributed by atoms with Gasteiger partial charge in [0.15, 0.2) is 0 Å². The molecule has 1 aliphatic rings. The predicted octanol–water partition coefficient (Wildman–Crippen LogP) is 4.94. The number of rotatable bonds is 5. The second-order valence-electron chi connectivity index (χ2n) is 7.46. The Morgan fingerprint density at radius 3 is 2.75 bits per heavy atom. The molecule has 0 saturated carbocycles. The third-order valence-electron chi connectivity index (χ3n) is 4.79. The topological polar surface area (TPSA) is 25.2 Å². The molecule has 1 aromatic rings. The summed E-state index contributed by atoms with van der Waals surface area (Å²) in [5.74, 6) is 0. The Balaban J connectivity index is 2.26. The molecule has 0 fully saturated rings. The van der Waals surface area contributed by atoms with E-state index >= 15 is 0 Å². The molecule has 0 saturated heterocycles. The highest BCUT2D eigenvalue weighted by molar-refractivity contribution is 5.33. The molecule has 0 aliphatic heterocycles. The lowest BCUT2D eigenvalue weighted by atomic mass is 9.75. The summed E-state index contributed by atoms with van der Waals surface area (Å²) in [6, 6.07) is 2.76. The lowest BCUT2D eigenvalue weighted by molar-refractivity contribution is 0.0974. The van der Waals surface area contributed by atoms with Crippen LogP contribution in [0.4, 0.5) is 0 Å². The van der Waals surface area contributed by atoms with Crippen LogP contribution in [0.15, 0.2) is 6.07 Å². The minimum atomic E-state index is -0.281. The molecule has 0 aromatic carbocycles. The van der Waals surface area contributed by atoms with Crippen molar-refractivity contribution in [2.45, 2.75) is 85.3 Å². The van der Waals surface area contributed by atoms with Gasteiger partial charge < -0.3 is 9.67 Å². The number of aliphatic hydroxyl groups is 1. The van der Waals surface area contributed by atoms with Crippen molar-refractivity contribution in [1.29, 1.82) is 0 Å². The monoisotopic (exact) mass is 277 g/mol. The summed E-state index contributed by atoms with van der Waals surface area (Å²) in [5.41, 5.74) is 4.09. The predicted molar refractivity (Wildman–Crippen MR) is 85.1 cm³/mol. The Hall–Kier alpha value is -0.760. The van der Waals surface area contributed by atoms with E-state index in [4.69, 9.17) is 0 Å². The lowest BCUT2D eigenvalue weighted by Gasteiger charge is -2.35. The van der Waals surface area contributed by atoms with Gasteiger partial charge in [0.1, 0.15) is 0 Å². The van der Waals surface area contributed by atoms with Crippen LogP contribution in [0.1, 0.15) is 88.9 Å². The van der Waals surface area contributed by atoms with Crippen molar-refractivity contribution < 1.29 is 5.11 Å². The highest BCUT2D eigenvalue weighted by atomic mass is 16.3. The van der Waals surface area contributed by atoms with Crippen molar-refractivity contribution in [2.75, 3.05) is 0 Å². The molecule has 114 valence electrons. The SMILES string of the molecule is CCCCCC(C)n1c(C)cc2c1CC(C)(C)CC2O. The molecule has 2 heteroatoms. The number of hydrogen-bond acceptors (Lipinski definition) is 1. The van der Waals surface area contributed by atoms with Crippen molar-refractivity contribution in [3.63, 3.8) is 0 Å². The van der Waals surface area contributed by atoms with Gasteiger partial charge in [-0.15, -0.1) is 0 Å². The smallest absolute Gasteiger partial charge is 0.0812 e. The molecular formula is C18H31NO. The molecule has 2 atom stereocenters. The summed E-state index contributed by atoms with van der Waals surface area (Å²) in [5, 5.41) is 10.4. The van der Waals surface area contributed by atoms with Crippen molar-refractivity contribution >= 4 is 0 Å². The fraction of sp³-hybridized carbons (Fsp3) is 0.778. The summed E-state index contributed by atoms with van der Waals surface area (Å²) in [4.78, 5) is 0. The van der Waals surface area contributed by atoms with Gasteiger partial charge in [-0.3, -0.25) is 0 Å². The van der Waals surface area contributed by atoms with Crippen molar-refractivity contribution in [2.24, 2.45) is 5.41 Å². The molecule has 1 N–H and O–H groups in total. The van der Waals surface area contributed by atoms with E-state index in [-0.39, 0.29) is 11.5 Å². The normalized spacial score (nSPS) is 22.6. The number of aliphatic hydroxyl groups excluding tert-OH is 1. The molecule has 2 nitrogen and oxygen atoms in total. The van der Waals surface area contributed by atoms with Crippen LogP contribution in [0, 0.1) is 12.3 Å². The zero-order valence-electron chi connectivity index (χ0n) is 13.9. The Labute approximate surface area is 124 Å². The summed E-state index contributed by atoms with van der Waals surface area (Å²) in [7, 11) is 0. The molecule has 0 radical (unpaired) electrons. The maximum atomic E-state index is 10.4. The van der Waals surface area contributed by atoms with Crippen LogP contribution in [0.5, 0.6) is 0 Å². The van der Waals surface area contributed by atoms with E-state index in [0.717, 1.165) is 12.8 Å². The molecule has 1 aliphatic carbocycles. The van der Waals surface area contributed by atoms with Gasteiger partial charge in [0.25, 0.3) is 0 Å². The van der Waals surface area contributed by atoms with E-state index in [0.29, 0.717) is 6.04 Å². The zero-order valence-corrected chi connectivity index (χ0v) is 13.9. The molecule has 1 aromatic heterocycles. The average molecular weight is 277 g/mol. The third-order valence-corrected chi connectivity index (χ3v) is 4.79. The van der Waals surface area contributed by atoms with Crippen molar-refractivity contribution in [1.82, 2.24) is 4.57 Å². The Kier molecular flexibility index (Phi) is 4.63. The second kappa shape index (κ2) is 5.93. The highest BCUT2D eigenvalue weighted by Crippen LogP contribution is 2.43. The van der Waals surface area contributed by atoms with Crippen LogP contribution in [0.2, 0.25) is 0 Å². The number of unbranched alkanes of at least 4 members (excludes halogenated alkanes) is 2. The van der Waals surface area contributed by atoms with E-state index in [1.807, 2.05) is 0 Å². The minimum Gasteiger partial charge on any atom is -0.388 e. The van der Waals surface area contributed by atoms with Crippen LogP contribution < -0.4 is 0 Å². The van der Waals surface area contributed by atoms with E-state index in [2.05, 4.69) is 45.3 Å². The van der Waals surface area contributed by atoms with Gasteiger partial charge in [0.05, 0.1) is 6.10 Å². The molecule has 2 unspecified atom stereocenters. The molecule has 0 bridgehead atoms. The summed E-state index contributed by atoms with van der Waals surface area (Å²) in [6.45, 7) is 11.3. The second-order valence-corrected chi connectivity index (χ2v) is 7.46. The Morgan fingerprint density at radius 2 is 2.10 bits per heavy atom. The molecule has 1 heterocycles. The fourth-order valence-corrected chi connectivity index (χ4v) is 3.80. The van der Waals surface area contributed by atoms with Gasteiger partial charge >= 0.3 is 0 Å². The molecular weight excluding hydrogens is 246 g/mol. The van der Waals surface area contributed by atoms with Crippen molar-refractivity contribution in [3.05, 3.63) is 23.0 Å². The number of fused-ring (bicyclic) bond motifs is 1. The first-order valence-electron chi connectivity index (χ1n) is 8.24. The quantitative estimate of drug-likeness (QED) is 0.757. The maximum Gasteiger partial charge on any atom is 0.0812 e. The number of hydrogen-bond donors (Lipinski definition) is 1. The van der Waals surface area contributed by atoms with Crippen LogP contribution >= 0.6 is 0 Å². The molecule has 2 rings (SSSR count). The van der Waals surface area contributed by atoms with Gasteiger partial charge in [-0.1, -0.05) is 40.0 Å². The van der Waals surface area contributed by atoms with Crippen LogP contribution in [0.25, 0.3) is 0 Å². The third kappa shape index (κ3) is 3.11. The first-order chi connectivity index (χ1) is 9.35. The van der Waals surface area contributed by atoms with Gasteiger partial charge in [0.2, 0.25) is 0 Å². The zero-order chi connectivity index (χ0) is 14.9. The summed E-state index contributed by atoms with van der Waals surface area (Å²) >= 11 is 0. The maximum absolute atomic E-state index is 10.4. The average Bonchev–Trinajstić information content (AvgIpc) is 2.64. The van der Waals surface area contributed by atoms with E-state index < -0.39 is 0 Å². The standard InChI is InChI=1S/C18H31NO/c1-6-7-8-9-13(2)19-14(3)10-15-16(19)11-18(4,5)12-17(15)20/h10,13,17,20H,6-9,11-12H2,1-5H3. The molecule has 0 amide bonds. The summed E-state index contributed by atoms with van der Waals surface area (Å²) < 4.78 is 2.50. The number of aryl methyl sites for hydroxylation is 1. The number of aromatic nitrogens is 1. The van der Waals surface area contributed by atoms with E-state index in [1.165, 1.54) is 42.6 Å². The summed E-state index contributed by atoms with van der Waals surface area (Å²) in [6.07, 6.45) is 6.83. The molecule has 20 heavy (non-hydrogen) atoms.